The van der Waals surface area contributed by atoms with Crippen molar-refractivity contribution in [1.29, 1.82) is 0 Å². The fourth-order valence-corrected chi connectivity index (χ4v) is 2.56. The maximum atomic E-state index is 12.6. The molecule has 1 aromatic carbocycles. The van der Waals surface area contributed by atoms with Crippen LogP contribution in [-0.2, 0) is 9.53 Å². The number of hydrogen-bond donors (Lipinski definition) is 1. The zero-order valence-electron chi connectivity index (χ0n) is 11.8. The minimum atomic E-state index is -0.918. The minimum Gasteiger partial charge on any atom is -0.481 e. The van der Waals surface area contributed by atoms with E-state index >= 15 is 0 Å². The molecule has 1 saturated heterocycles. The van der Waals surface area contributed by atoms with Gasteiger partial charge in [-0.15, -0.1) is 0 Å². The van der Waals surface area contributed by atoms with Gasteiger partial charge in [-0.3, -0.25) is 9.59 Å². The zero-order chi connectivity index (χ0) is 14.7. The molecule has 1 atom stereocenters. The lowest BCUT2D eigenvalue weighted by molar-refractivity contribution is -0.139. The van der Waals surface area contributed by atoms with E-state index < -0.39 is 12.0 Å². The third-order valence-electron chi connectivity index (χ3n) is 3.37. The van der Waals surface area contributed by atoms with Crippen molar-refractivity contribution < 1.29 is 19.4 Å². The molecule has 1 N–H and O–H groups in total. The van der Waals surface area contributed by atoms with Crippen LogP contribution in [-0.4, -0.2) is 47.7 Å². The van der Waals surface area contributed by atoms with Crippen LogP contribution in [0.1, 0.15) is 27.9 Å². The summed E-state index contributed by atoms with van der Waals surface area (Å²) in [6.07, 6.45) is -0.0868. The standard InChI is InChI=1S/C15H19NO4/c1-10-5-11(2)7-12(6-10)15(19)16-3-4-20-9-13(16)8-14(17)18/h5-7,13H,3-4,8-9H2,1-2H3,(H,17,18). The molecule has 2 rings (SSSR count). The van der Waals surface area contributed by atoms with Crippen LogP contribution in [0.4, 0.5) is 0 Å². The van der Waals surface area contributed by atoms with E-state index in [0.717, 1.165) is 11.1 Å². The van der Waals surface area contributed by atoms with Crippen molar-refractivity contribution >= 4 is 11.9 Å². The first-order valence-corrected chi connectivity index (χ1v) is 6.66. The number of carbonyl (C=O) groups excluding carboxylic acids is 1. The number of morpholine rings is 1. The molecule has 0 saturated carbocycles. The molecular formula is C15H19NO4. The van der Waals surface area contributed by atoms with Crippen molar-refractivity contribution in [2.45, 2.75) is 26.3 Å². The SMILES string of the molecule is Cc1cc(C)cc(C(=O)N2CCOCC2CC(=O)O)c1. The van der Waals surface area contributed by atoms with E-state index in [4.69, 9.17) is 9.84 Å². The fraction of sp³-hybridized carbons (Fsp3) is 0.467. The zero-order valence-corrected chi connectivity index (χ0v) is 11.8. The Morgan fingerprint density at radius 2 is 1.95 bits per heavy atom. The molecule has 1 aliphatic rings. The summed E-state index contributed by atoms with van der Waals surface area (Å²) < 4.78 is 5.29. The minimum absolute atomic E-state index is 0.0868. The van der Waals surface area contributed by atoms with Gasteiger partial charge in [-0.05, 0) is 26.0 Å². The number of amides is 1. The van der Waals surface area contributed by atoms with E-state index in [1.54, 1.807) is 4.90 Å². The summed E-state index contributed by atoms with van der Waals surface area (Å²) in [7, 11) is 0. The van der Waals surface area contributed by atoms with Crippen LogP contribution in [0.25, 0.3) is 0 Å². The van der Waals surface area contributed by atoms with Gasteiger partial charge in [0, 0.05) is 12.1 Å². The summed E-state index contributed by atoms with van der Waals surface area (Å²) in [5, 5.41) is 8.93. The molecule has 1 unspecified atom stereocenters. The summed E-state index contributed by atoms with van der Waals surface area (Å²) >= 11 is 0. The van der Waals surface area contributed by atoms with E-state index in [1.807, 2.05) is 32.0 Å². The highest BCUT2D eigenvalue weighted by Crippen LogP contribution is 2.17. The van der Waals surface area contributed by atoms with Gasteiger partial charge in [0.25, 0.3) is 5.91 Å². The molecule has 0 aromatic heterocycles. The van der Waals surface area contributed by atoms with Crippen molar-refractivity contribution in [2.75, 3.05) is 19.8 Å². The number of benzene rings is 1. The molecule has 20 heavy (non-hydrogen) atoms. The van der Waals surface area contributed by atoms with Crippen LogP contribution in [0.2, 0.25) is 0 Å². The Labute approximate surface area is 118 Å². The quantitative estimate of drug-likeness (QED) is 0.911. The number of aliphatic carboxylic acids is 1. The van der Waals surface area contributed by atoms with Gasteiger partial charge in [0.2, 0.25) is 0 Å². The molecule has 1 aromatic rings. The molecule has 0 radical (unpaired) electrons. The maximum Gasteiger partial charge on any atom is 0.305 e. The summed E-state index contributed by atoms with van der Waals surface area (Å²) in [6, 6.07) is 5.28. The van der Waals surface area contributed by atoms with Crippen LogP contribution in [0, 0.1) is 13.8 Å². The molecular weight excluding hydrogens is 258 g/mol. The molecule has 1 fully saturated rings. The Morgan fingerprint density at radius 1 is 1.30 bits per heavy atom. The molecule has 108 valence electrons. The average molecular weight is 277 g/mol. The number of hydrogen-bond acceptors (Lipinski definition) is 3. The smallest absolute Gasteiger partial charge is 0.305 e. The average Bonchev–Trinajstić information content (AvgIpc) is 2.36. The second-order valence-electron chi connectivity index (χ2n) is 5.20. The number of aryl methyl sites for hydroxylation is 2. The van der Waals surface area contributed by atoms with E-state index in [9.17, 15) is 9.59 Å². The lowest BCUT2D eigenvalue weighted by Crippen LogP contribution is -2.49. The van der Waals surface area contributed by atoms with Crippen LogP contribution in [0.3, 0.4) is 0 Å². The Balaban J connectivity index is 2.22. The molecule has 1 heterocycles. The first kappa shape index (κ1) is 14.5. The molecule has 5 heteroatoms. The molecule has 1 aliphatic heterocycles. The third-order valence-corrected chi connectivity index (χ3v) is 3.37. The molecule has 0 spiro atoms. The predicted octanol–water partition coefficient (Wildman–Crippen LogP) is 1.62. The van der Waals surface area contributed by atoms with Crippen LogP contribution in [0.15, 0.2) is 18.2 Å². The fourth-order valence-electron chi connectivity index (χ4n) is 2.56. The predicted molar refractivity (Wildman–Crippen MR) is 73.8 cm³/mol. The highest BCUT2D eigenvalue weighted by atomic mass is 16.5. The third kappa shape index (κ3) is 3.36. The molecule has 0 aliphatic carbocycles. The van der Waals surface area contributed by atoms with Gasteiger partial charge in [-0.25, -0.2) is 0 Å². The van der Waals surface area contributed by atoms with Gasteiger partial charge in [-0.2, -0.15) is 0 Å². The van der Waals surface area contributed by atoms with Crippen molar-refractivity contribution in [3.63, 3.8) is 0 Å². The summed E-state index contributed by atoms with van der Waals surface area (Å²) in [5.74, 6) is -1.04. The van der Waals surface area contributed by atoms with E-state index in [0.29, 0.717) is 18.7 Å². The first-order chi connectivity index (χ1) is 9.47. The van der Waals surface area contributed by atoms with Gasteiger partial charge >= 0.3 is 5.97 Å². The van der Waals surface area contributed by atoms with Crippen molar-refractivity contribution in [1.82, 2.24) is 4.90 Å². The van der Waals surface area contributed by atoms with E-state index in [1.165, 1.54) is 0 Å². The van der Waals surface area contributed by atoms with Crippen molar-refractivity contribution in [3.8, 4) is 0 Å². The Kier molecular flexibility index (Phi) is 4.39. The summed E-state index contributed by atoms with van der Waals surface area (Å²) in [6.45, 7) is 5.05. The number of ether oxygens (including phenoxy) is 1. The number of carboxylic acids is 1. The van der Waals surface area contributed by atoms with Gasteiger partial charge in [-0.1, -0.05) is 17.2 Å². The molecule has 5 nitrogen and oxygen atoms in total. The molecule has 0 bridgehead atoms. The van der Waals surface area contributed by atoms with Crippen molar-refractivity contribution in [2.24, 2.45) is 0 Å². The first-order valence-electron chi connectivity index (χ1n) is 6.66. The Bertz CT molecular complexity index is 506. The lowest BCUT2D eigenvalue weighted by Gasteiger charge is -2.35. The Morgan fingerprint density at radius 3 is 2.55 bits per heavy atom. The highest BCUT2D eigenvalue weighted by molar-refractivity contribution is 5.95. The van der Waals surface area contributed by atoms with Gasteiger partial charge in [0.05, 0.1) is 25.7 Å². The van der Waals surface area contributed by atoms with Gasteiger partial charge in [0.1, 0.15) is 0 Å². The maximum absolute atomic E-state index is 12.6. The van der Waals surface area contributed by atoms with E-state index in [-0.39, 0.29) is 18.9 Å². The number of carbonyl (C=O) groups is 2. The second kappa shape index (κ2) is 6.05. The second-order valence-corrected chi connectivity index (χ2v) is 5.20. The highest BCUT2D eigenvalue weighted by Gasteiger charge is 2.29. The van der Waals surface area contributed by atoms with Gasteiger partial charge in [0.15, 0.2) is 0 Å². The number of rotatable bonds is 3. The Hall–Kier alpha value is -1.88. The molecule has 1 amide bonds. The summed E-state index contributed by atoms with van der Waals surface area (Å²) in [4.78, 5) is 25.1. The van der Waals surface area contributed by atoms with Gasteiger partial charge < -0.3 is 14.7 Å². The topological polar surface area (TPSA) is 66.8 Å². The largest absolute Gasteiger partial charge is 0.481 e. The van der Waals surface area contributed by atoms with Crippen LogP contribution < -0.4 is 0 Å². The van der Waals surface area contributed by atoms with E-state index in [2.05, 4.69) is 0 Å². The number of carboxylic acid groups (broad SMARTS) is 1. The normalized spacial score (nSPS) is 18.9. The number of nitrogens with zero attached hydrogens (tertiary/aromatic N) is 1. The van der Waals surface area contributed by atoms with Crippen molar-refractivity contribution in [3.05, 3.63) is 34.9 Å². The van der Waals surface area contributed by atoms with Crippen LogP contribution in [0.5, 0.6) is 0 Å². The lowest BCUT2D eigenvalue weighted by atomic mass is 10.0. The summed E-state index contributed by atoms with van der Waals surface area (Å²) in [5.41, 5.74) is 2.66. The van der Waals surface area contributed by atoms with Crippen LogP contribution >= 0.6 is 0 Å². The monoisotopic (exact) mass is 277 g/mol.